The normalized spacial score (nSPS) is 22.8. The molecule has 5 nitrogen and oxygen atoms in total. The summed E-state index contributed by atoms with van der Waals surface area (Å²) >= 11 is 3.36. The van der Waals surface area contributed by atoms with E-state index in [-0.39, 0.29) is 12.0 Å². The molecule has 0 aliphatic carbocycles. The van der Waals surface area contributed by atoms with E-state index in [1.54, 1.807) is 0 Å². The van der Waals surface area contributed by atoms with Crippen LogP contribution in [0, 0.1) is 0 Å². The van der Waals surface area contributed by atoms with Gasteiger partial charge < -0.3 is 14.6 Å². The van der Waals surface area contributed by atoms with Crippen LogP contribution in [0.2, 0.25) is 0 Å². The molecular weight excluding hydrogens is 326 g/mol. The first-order chi connectivity index (χ1) is 9.60. The maximum absolute atomic E-state index is 11.6. The Morgan fingerprint density at radius 2 is 2.15 bits per heavy atom. The predicted octanol–water partition coefficient (Wildman–Crippen LogP) is 1.44. The molecule has 6 heteroatoms. The Morgan fingerprint density at radius 3 is 2.80 bits per heavy atom. The summed E-state index contributed by atoms with van der Waals surface area (Å²) in [7, 11) is 1.36. The Hall–Kier alpha value is -1.11. The SMILES string of the molecule is COC(=O)C1CC(O)CN1CCOc1ccc(Br)cc1. The molecule has 1 saturated heterocycles. The smallest absolute Gasteiger partial charge is 0.323 e. The van der Waals surface area contributed by atoms with Crippen molar-refractivity contribution in [3.63, 3.8) is 0 Å². The van der Waals surface area contributed by atoms with Crippen molar-refractivity contribution in [2.24, 2.45) is 0 Å². The Morgan fingerprint density at radius 1 is 1.45 bits per heavy atom. The lowest BCUT2D eigenvalue weighted by Gasteiger charge is -2.21. The zero-order chi connectivity index (χ0) is 14.5. The summed E-state index contributed by atoms with van der Waals surface area (Å²) in [5, 5.41) is 9.67. The minimum Gasteiger partial charge on any atom is -0.492 e. The van der Waals surface area contributed by atoms with Gasteiger partial charge in [0.25, 0.3) is 0 Å². The molecule has 1 N–H and O–H groups in total. The molecule has 1 aromatic carbocycles. The van der Waals surface area contributed by atoms with Crippen molar-refractivity contribution in [3.8, 4) is 5.75 Å². The van der Waals surface area contributed by atoms with Crippen LogP contribution >= 0.6 is 15.9 Å². The predicted molar refractivity (Wildman–Crippen MR) is 77.6 cm³/mol. The minimum absolute atomic E-state index is 0.301. The monoisotopic (exact) mass is 343 g/mol. The van der Waals surface area contributed by atoms with Crippen LogP contribution < -0.4 is 4.74 Å². The molecule has 0 radical (unpaired) electrons. The van der Waals surface area contributed by atoms with Gasteiger partial charge in [0.1, 0.15) is 18.4 Å². The molecule has 1 aliphatic rings. The van der Waals surface area contributed by atoms with Crippen LogP contribution in [0.3, 0.4) is 0 Å². The van der Waals surface area contributed by atoms with Crippen molar-refractivity contribution in [2.45, 2.75) is 18.6 Å². The quantitative estimate of drug-likeness (QED) is 0.819. The molecule has 20 heavy (non-hydrogen) atoms. The van der Waals surface area contributed by atoms with E-state index in [1.807, 2.05) is 29.2 Å². The molecule has 2 atom stereocenters. The van der Waals surface area contributed by atoms with Gasteiger partial charge in [0, 0.05) is 24.0 Å². The number of hydrogen-bond donors (Lipinski definition) is 1. The number of aliphatic hydroxyl groups excluding tert-OH is 1. The molecule has 1 heterocycles. The zero-order valence-electron chi connectivity index (χ0n) is 11.3. The standard InChI is InChI=1S/C14H18BrNO4/c1-19-14(18)13-8-11(17)9-16(13)6-7-20-12-4-2-10(15)3-5-12/h2-5,11,13,17H,6-9H2,1H3. The second-order valence-electron chi connectivity index (χ2n) is 4.73. The fourth-order valence-electron chi connectivity index (χ4n) is 2.32. The number of likely N-dealkylation sites (tertiary alicyclic amines) is 1. The topological polar surface area (TPSA) is 59.0 Å². The van der Waals surface area contributed by atoms with Crippen molar-refractivity contribution in [2.75, 3.05) is 26.8 Å². The molecule has 0 aromatic heterocycles. The fourth-order valence-corrected chi connectivity index (χ4v) is 2.58. The first kappa shape index (κ1) is 15.3. The molecule has 1 aromatic rings. The molecule has 110 valence electrons. The van der Waals surface area contributed by atoms with E-state index in [1.165, 1.54) is 7.11 Å². The third kappa shape index (κ3) is 3.94. The van der Waals surface area contributed by atoms with Crippen molar-refractivity contribution in [1.82, 2.24) is 4.90 Å². The zero-order valence-corrected chi connectivity index (χ0v) is 12.9. The van der Waals surface area contributed by atoms with Gasteiger partial charge in [-0.3, -0.25) is 9.69 Å². The summed E-state index contributed by atoms with van der Waals surface area (Å²) < 4.78 is 11.4. The number of nitrogens with zero attached hydrogens (tertiary/aromatic N) is 1. The number of aliphatic hydroxyl groups is 1. The first-order valence-corrected chi connectivity index (χ1v) is 7.27. The van der Waals surface area contributed by atoms with Crippen LogP contribution in [-0.2, 0) is 9.53 Å². The number of benzene rings is 1. The van der Waals surface area contributed by atoms with Crippen molar-refractivity contribution >= 4 is 21.9 Å². The van der Waals surface area contributed by atoms with E-state index >= 15 is 0 Å². The largest absolute Gasteiger partial charge is 0.492 e. The lowest BCUT2D eigenvalue weighted by atomic mass is 10.2. The summed E-state index contributed by atoms with van der Waals surface area (Å²) in [6, 6.07) is 7.20. The lowest BCUT2D eigenvalue weighted by molar-refractivity contribution is -0.146. The second-order valence-corrected chi connectivity index (χ2v) is 5.64. The number of hydrogen-bond acceptors (Lipinski definition) is 5. The molecule has 1 aliphatic heterocycles. The second kappa shape index (κ2) is 7.06. The molecular formula is C14H18BrNO4. The van der Waals surface area contributed by atoms with Gasteiger partial charge >= 0.3 is 5.97 Å². The summed E-state index contributed by atoms with van der Waals surface area (Å²) in [6.07, 6.45) is -0.0582. The minimum atomic E-state index is -0.480. The van der Waals surface area contributed by atoms with Crippen LogP contribution in [0.5, 0.6) is 5.75 Å². The highest BCUT2D eigenvalue weighted by atomic mass is 79.9. The van der Waals surface area contributed by atoms with E-state index in [0.717, 1.165) is 10.2 Å². The fraction of sp³-hybridized carbons (Fsp3) is 0.500. The highest BCUT2D eigenvalue weighted by Crippen LogP contribution is 2.19. The van der Waals surface area contributed by atoms with Gasteiger partial charge in [-0.25, -0.2) is 0 Å². The van der Waals surface area contributed by atoms with E-state index in [9.17, 15) is 9.90 Å². The average Bonchev–Trinajstić information content (AvgIpc) is 2.81. The summed E-state index contributed by atoms with van der Waals surface area (Å²) in [6.45, 7) is 1.51. The summed E-state index contributed by atoms with van der Waals surface area (Å²) in [5.74, 6) is 0.479. The Labute approximate surface area is 126 Å². The molecule has 2 unspecified atom stereocenters. The van der Waals surface area contributed by atoms with Gasteiger partial charge in [-0.2, -0.15) is 0 Å². The molecule has 2 rings (SSSR count). The van der Waals surface area contributed by atoms with Crippen LogP contribution in [0.4, 0.5) is 0 Å². The van der Waals surface area contributed by atoms with E-state index in [2.05, 4.69) is 15.9 Å². The third-order valence-corrected chi connectivity index (χ3v) is 3.84. The number of ether oxygens (including phenoxy) is 2. The van der Waals surface area contributed by atoms with E-state index in [4.69, 9.17) is 9.47 Å². The van der Waals surface area contributed by atoms with Crippen LogP contribution in [0.1, 0.15) is 6.42 Å². The molecule has 1 fully saturated rings. The maximum atomic E-state index is 11.6. The first-order valence-electron chi connectivity index (χ1n) is 6.48. The van der Waals surface area contributed by atoms with Gasteiger partial charge in [0.05, 0.1) is 13.2 Å². The average molecular weight is 344 g/mol. The number of carbonyl (C=O) groups excluding carboxylic acids is 1. The number of β-amino-alcohol motifs (C(OH)–C–C–N with tert-alkyl or cyclic N) is 1. The van der Waals surface area contributed by atoms with E-state index in [0.29, 0.717) is 26.1 Å². The molecule has 0 saturated carbocycles. The van der Waals surface area contributed by atoms with Gasteiger partial charge in [0.2, 0.25) is 0 Å². The number of rotatable bonds is 5. The van der Waals surface area contributed by atoms with Crippen LogP contribution in [0.15, 0.2) is 28.7 Å². The van der Waals surface area contributed by atoms with Crippen molar-refractivity contribution < 1.29 is 19.4 Å². The number of esters is 1. The summed E-state index contributed by atoms with van der Waals surface area (Å²) in [4.78, 5) is 13.5. The summed E-state index contributed by atoms with van der Waals surface area (Å²) in [5.41, 5.74) is 0. The van der Waals surface area contributed by atoms with Gasteiger partial charge in [0.15, 0.2) is 0 Å². The van der Waals surface area contributed by atoms with Crippen molar-refractivity contribution in [3.05, 3.63) is 28.7 Å². The highest BCUT2D eigenvalue weighted by Gasteiger charge is 2.36. The van der Waals surface area contributed by atoms with Crippen LogP contribution in [0.25, 0.3) is 0 Å². The van der Waals surface area contributed by atoms with Gasteiger partial charge in [-0.05, 0) is 24.3 Å². The lowest BCUT2D eigenvalue weighted by Crippen LogP contribution is -2.39. The Kier molecular flexibility index (Phi) is 5.39. The van der Waals surface area contributed by atoms with Gasteiger partial charge in [-0.1, -0.05) is 15.9 Å². The maximum Gasteiger partial charge on any atom is 0.323 e. The molecule has 0 bridgehead atoms. The van der Waals surface area contributed by atoms with E-state index < -0.39 is 6.10 Å². The third-order valence-electron chi connectivity index (χ3n) is 3.32. The van der Waals surface area contributed by atoms with Crippen molar-refractivity contribution in [1.29, 1.82) is 0 Å². The Balaban J connectivity index is 1.83. The number of halogens is 1. The van der Waals surface area contributed by atoms with Crippen LogP contribution in [-0.4, -0.2) is 54.9 Å². The molecule has 0 spiro atoms. The number of carbonyl (C=O) groups is 1. The highest BCUT2D eigenvalue weighted by molar-refractivity contribution is 9.10. The Bertz CT molecular complexity index is 451. The van der Waals surface area contributed by atoms with Gasteiger partial charge in [-0.15, -0.1) is 0 Å². The molecule has 0 amide bonds. The number of methoxy groups -OCH3 is 1.